The van der Waals surface area contributed by atoms with Crippen molar-refractivity contribution in [2.24, 2.45) is 11.8 Å². The Morgan fingerprint density at radius 1 is 0.640 bits per heavy atom. The molecule has 6 unspecified atom stereocenters. The lowest BCUT2D eigenvalue weighted by atomic mass is 9.83. The minimum atomic E-state index is -0.242. The van der Waals surface area contributed by atoms with Crippen LogP contribution >= 0.6 is 8.22 Å². The minimum absolute atomic E-state index is 0.242. The third-order valence-electron chi connectivity index (χ3n) is 8.05. The van der Waals surface area contributed by atoms with Gasteiger partial charge in [-0.25, -0.2) is 0 Å². The van der Waals surface area contributed by atoms with Gasteiger partial charge in [0.05, 0.1) is 8.22 Å². The van der Waals surface area contributed by atoms with Gasteiger partial charge >= 0.3 is 0 Å². The Labute approximate surface area is 153 Å². The second-order valence-electron chi connectivity index (χ2n) is 9.21. The molecule has 1 aromatic carbocycles. The van der Waals surface area contributed by atoms with E-state index in [2.05, 4.69) is 39.7 Å². The zero-order valence-electron chi connectivity index (χ0n) is 15.3. The molecule has 6 atom stereocenters. The van der Waals surface area contributed by atoms with Gasteiger partial charge in [-0.3, -0.25) is 9.34 Å². The topological polar surface area (TPSA) is 6.48 Å². The van der Waals surface area contributed by atoms with Crippen molar-refractivity contribution in [3.8, 4) is 0 Å². The Bertz CT molecular complexity index is 598. The largest absolute Gasteiger partial charge is 0.258 e. The normalized spacial score (nSPS) is 46.5. The predicted octanol–water partition coefficient (Wildman–Crippen LogP) is 4.90. The molecule has 3 heterocycles. The van der Waals surface area contributed by atoms with Crippen LogP contribution in [-0.4, -0.2) is 33.5 Å². The van der Waals surface area contributed by atoms with Gasteiger partial charge in [-0.05, 0) is 50.4 Å². The molecule has 1 aromatic rings. The third kappa shape index (κ3) is 2.27. The first-order valence-corrected chi connectivity index (χ1v) is 12.1. The van der Waals surface area contributed by atoms with Gasteiger partial charge in [0, 0.05) is 29.5 Å². The molecule has 0 spiro atoms. The fourth-order valence-electron chi connectivity index (χ4n) is 7.13. The van der Waals surface area contributed by atoms with Crippen molar-refractivity contribution >= 4 is 13.5 Å². The Morgan fingerprint density at radius 2 is 1.16 bits per heavy atom. The van der Waals surface area contributed by atoms with Crippen LogP contribution < -0.4 is 5.30 Å². The molecule has 0 aromatic heterocycles. The van der Waals surface area contributed by atoms with E-state index in [4.69, 9.17) is 0 Å². The van der Waals surface area contributed by atoms with E-state index in [1.807, 2.05) is 0 Å². The molecule has 0 amide bonds. The molecule has 25 heavy (non-hydrogen) atoms. The van der Waals surface area contributed by atoms with E-state index >= 15 is 0 Å². The average Bonchev–Trinajstić information content (AvgIpc) is 3.30. The maximum Gasteiger partial charge on any atom is 0.0736 e. The molecular weight excluding hydrogens is 323 g/mol. The number of rotatable bonds is 1. The fraction of sp³-hybridized carbons (Fsp3) is 0.727. The number of hydrogen-bond acceptors (Lipinski definition) is 2. The molecule has 3 aliphatic heterocycles. The first kappa shape index (κ1) is 15.6. The van der Waals surface area contributed by atoms with E-state index in [1.54, 1.807) is 5.30 Å². The molecule has 6 rings (SSSR count). The van der Waals surface area contributed by atoms with Gasteiger partial charge in [0.25, 0.3) is 0 Å². The standard InChI is InChI=1S/C22H31N2P/c1-2-10-18(11-3-1)25-23-19-12-6-4-8-16(19)14-21(23)22-15-17-9-5-7-13-20(17)24(22)25/h1-3,10-11,16-17,19-22H,4-9,12-15H2. The SMILES string of the molecule is c1ccc(P2N3C4CCCCC4CC3C3CC4CCCCC4N32)cc1. The highest BCUT2D eigenvalue weighted by Gasteiger charge is 2.61. The molecule has 3 saturated heterocycles. The Kier molecular flexibility index (Phi) is 3.77. The van der Waals surface area contributed by atoms with Crippen LogP contribution in [0.5, 0.6) is 0 Å². The van der Waals surface area contributed by atoms with Crippen molar-refractivity contribution in [2.45, 2.75) is 88.4 Å². The Morgan fingerprint density at radius 3 is 1.72 bits per heavy atom. The summed E-state index contributed by atoms with van der Waals surface area (Å²) in [6, 6.07) is 15.2. The molecule has 2 nitrogen and oxygen atoms in total. The lowest BCUT2D eigenvalue weighted by Crippen LogP contribution is -2.38. The molecule has 5 aliphatic rings. The molecule has 2 aliphatic carbocycles. The van der Waals surface area contributed by atoms with Crippen molar-refractivity contribution in [3.63, 3.8) is 0 Å². The maximum atomic E-state index is 3.10. The zero-order valence-corrected chi connectivity index (χ0v) is 16.2. The van der Waals surface area contributed by atoms with E-state index in [0.717, 1.165) is 36.0 Å². The minimum Gasteiger partial charge on any atom is -0.258 e. The van der Waals surface area contributed by atoms with Crippen molar-refractivity contribution in [2.75, 3.05) is 0 Å². The van der Waals surface area contributed by atoms with Crippen LogP contribution in [0, 0.1) is 11.8 Å². The highest BCUT2D eigenvalue weighted by atomic mass is 31.1. The van der Waals surface area contributed by atoms with Crippen molar-refractivity contribution < 1.29 is 0 Å². The summed E-state index contributed by atoms with van der Waals surface area (Å²) in [6.07, 6.45) is 14.9. The van der Waals surface area contributed by atoms with E-state index in [-0.39, 0.29) is 8.22 Å². The third-order valence-corrected chi connectivity index (χ3v) is 10.9. The number of nitrogens with zero attached hydrogens (tertiary/aromatic N) is 2. The van der Waals surface area contributed by atoms with Crippen LogP contribution in [0.15, 0.2) is 30.3 Å². The van der Waals surface area contributed by atoms with Crippen LogP contribution in [0.3, 0.4) is 0 Å². The monoisotopic (exact) mass is 354 g/mol. The Hall–Kier alpha value is -0.430. The second-order valence-corrected chi connectivity index (χ2v) is 11.2. The number of hydrogen-bond donors (Lipinski definition) is 0. The van der Waals surface area contributed by atoms with Crippen LogP contribution in [0.2, 0.25) is 0 Å². The van der Waals surface area contributed by atoms with Gasteiger partial charge in [0.1, 0.15) is 0 Å². The number of fused-ring (bicyclic) bond motifs is 7. The van der Waals surface area contributed by atoms with Crippen molar-refractivity contribution in [1.29, 1.82) is 0 Å². The molecular formula is C22H31N2P. The summed E-state index contributed by atoms with van der Waals surface area (Å²) in [5.41, 5.74) is 0. The average molecular weight is 354 g/mol. The summed E-state index contributed by atoms with van der Waals surface area (Å²) < 4.78 is 6.20. The fourth-order valence-corrected chi connectivity index (χ4v) is 10.6. The van der Waals surface area contributed by atoms with Crippen LogP contribution in [0.25, 0.3) is 0 Å². The smallest absolute Gasteiger partial charge is 0.0736 e. The van der Waals surface area contributed by atoms with Crippen LogP contribution in [-0.2, 0) is 0 Å². The predicted molar refractivity (Wildman–Crippen MR) is 105 cm³/mol. The molecule has 0 N–H and O–H groups in total. The number of benzene rings is 1. The van der Waals surface area contributed by atoms with Crippen molar-refractivity contribution in [3.05, 3.63) is 30.3 Å². The first-order valence-electron chi connectivity index (χ1n) is 10.8. The van der Waals surface area contributed by atoms with Gasteiger partial charge in [-0.2, -0.15) is 0 Å². The molecule has 134 valence electrons. The Balaban J connectivity index is 1.42. The lowest BCUT2D eigenvalue weighted by Gasteiger charge is -2.41. The molecule has 0 radical (unpaired) electrons. The van der Waals surface area contributed by atoms with Crippen molar-refractivity contribution in [1.82, 2.24) is 9.34 Å². The van der Waals surface area contributed by atoms with E-state index < -0.39 is 0 Å². The quantitative estimate of drug-likeness (QED) is 0.662. The van der Waals surface area contributed by atoms with Gasteiger partial charge in [0.2, 0.25) is 0 Å². The van der Waals surface area contributed by atoms with Crippen LogP contribution in [0.1, 0.15) is 64.2 Å². The molecule has 0 bridgehead atoms. The highest BCUT2D eigenvalue weighted by Crippen LogP contribution is 2.67. The zero-order chi connectivity index (χ0) is 16.4. The molecule has 2 saturated carbocycles. The highest BCUT2D eigenvalue weighted by molar-refractivity contribution is 7.61. The summed E-state index contributed by atoms with van der Waals surface area (Å²) in [7, 11) is -0.242. The van der Waals surface area contributed by atoms with E-state index in [1.165, 1.54) is 64.2 Å². The summed E-state index contributed by atoms with van der Waals surface area (Å²) >= 11 is 0. The van der Waals surface area contributed by atoms with Gasteiger partial charge in [-0.15, -0.1) is 0 Å². The van der Waals surface area contributed by atoms with Crippen LogP contribution in [0.4, 0.5) is 0 Å². The summed E-state index contributed by atoms with van der Waals surface area (Å²) in [6.45, 7) is 0. The van der Waals surface area contributed by atoms with E-state index in [9.17, 15) is 0 Å². The summed E-state index contributed by atoms with van der Waals surface area (Å²) in [5.74, 6) is 2.02. The molecule has 3 heteroatoms. The van der Waals surface area contributed by atoms with Gasteiger partial charge in [-0.1, -0.05) is 56.0 Å². The molecule has 5 fully saturated rings. The summed E-state index contributed by atoms with van der Waals surface area (Å²) in [5, 5.41) is 1.64. The second kappa shape index (κ2) is 6.04. The summed E-state index contributed by atoms with van der Waals surface area (Å²) in [4.78, 5) is 0. The lowest BCUT2D eigenvalue weighted by molar-refractivity contribution is 0.250. The van der Waals surface area contributed by atoms with Gasteiger partial charge < -0.3 is 0 Å². The first-order chi connectivity index (χ1) is 12.4. The van der Waals surface area contributed by atoms with E-state index in [0.29, 0.717) is 0 Å². The van der Waals surface area contributed by atoms with Gasteiger partial charge in [0.15, 0.2) is 0 Å². The maximum absolute atomic E-state index is 3.10.